The molecular weight excluding hydrogens is 395 g/mol. The first kappa shape index (κ1) is 18.6. The van der Waals surface area contributed by atoms with Crippen molar-refractivity contribution < 1.29 is 4.39 Å². The first-order valence-corrected chi connectivity index (χ1v) is 10.6. The minimum Gasteiger partial charge on any atom is -0.206 e. The third-order valence-electron chi connectivity index (χ3n) is 5.26. The summed E-state index contributed by atoms with van der Waals surface area (Å²) in [5, 5.41) is 14.2. The number of rotatable bonds is 4. The summed E-state index contributed by atoms with van der Waals surface area (Å²) in [6, 6.07) is 23.1. The Labute approximate surface area is 177 Å². The zero-order valence-corrected chi connectivity index (χ0v) is 17.4. The van der Waals surface area contributed by atoms with Crippen molar-refractivity contribution in [3.63, 3.8) is 0 Å². The molecule has 0 saturated carbocycles. The fourth-order valence-corrected chi connectivity index (χ4v) is 4.40. The fourth-order valence-electron chi connectivity index (χ4n) is 3.48. The lowest BCUT2D eigenvalue weighted by molar-refractivity contribution is 0.627. The van der Waals surface area contributed by atoms with E-state index >= 15 is 0 Å². The topological polar surface area (TPSA) is 43.1 Å². The molecule has 4 nitrogen and oxygen atoms in total. The van der Waals surface area contributed by atoms with Crippen molar-refractivity contribution >= 4 is 16.3 Å². The highest BCUT2D eigenvalue weighted by atomic mass is 32.1. The second-order valence-corrected chi connectivity index (χ2v) is 8.34. The lowest BCUT2D eigenvalue weighted by Crippen LogP contribution is -1.99. The van der Waals surface area contributed by atoms with Gasteiger partial charge in [0.25, 0.3) is 0 Å². The van der Waals surface area contributed by atoms with Gasteiger partial charge in [-0.15, -0.1) is 10.2 Å². The number of nitrogens with zero attached hydrogens (tertiary/aromatic N) is 4. The van der Waals surface area contributed by atoms with Gasteiger partial charge < -0.3 is 0 Å². The lowest BCUT2D eigenvalue weighted by Gasteiger charge is -2.11. The first-order valence-electron chi connectivity index (χ1n) is 9.74. The van der Waals surface area contributed by atoms with Crippen LogP contribution in [0.25, 0.3) is 27.5 Å². The summed E-state index contributed by atoms with van der Waals surface area (Å²) in [6.07, 6.45) is 0. The van der Waals surface area contributed by atoms with Crippen LogP contribution >= 0.6 is 11.3 Å². The van der Waals surface area contributed by atoms with Gasteiger partial charge in [-0.2, -0.15) is 9.61 Å². The molecule has 0 aliphatic rings. The molecule has 0 spiro atoms. The van der Waals surface area contributed by atoms with Crippen molar-refractivity contribution in [3.8, 4) is 22.5 Å². The molecule has 3 aromatic carbocycles. The van der Waals surface area contributed by atoms with Gasteiger partial charge in [0.2, 0.25) is 4.96 Å². The Bertz CT molecular complexity index is 1320. The summed E-state index contributed by atoms with van der Waals surface area (Å²) in [7, 11) is 0. The van der Waals surface area contributed by atoms with E-state index in [1.165, 1.54) is 16.9 Å². The lowest BCUT2D eigenvalue weighted by atomic mass is 9.97. The highest BCUT2D eigenvalue weighted by Gasteiger charge is 2.19. The smallest absolute Gasteiger partial charge is 0.206 e. The monoisotopic (exact) mass is 414 g/mol. The van der Waals surface area contributed by atoms with E-state index in [0.717, 1.165) is 26.7 Å². The van der Waals surface area contributed by atoms with E-state index in [0.29, 0.717) is 11.4 Å². The number of aryl methyl sites for hydroxylation is 1. The number of hydrogen-bond acceptors (Lipinski definition) is 4. The molecule has 0 radical (unpaired) electrons. The second-order valence-electron chi connectivity index (χ2n) is 7.35. The number of benzene rings is 3. The molecule has 0 aliphatic heterocycles. The van der Waals surface area contributed by atoms with Crippen molar-refractivity contribution in [2.75, 3.05) is 0 Å². The van der Waals surface area contributed by atoms with Gasteiger partial charge in [-0.05, 0) is 24.1 Å². The fraction of sp³-hybridized carbons (Fsp3) is 0.125. The molecule has 0 fully saturated rings. The molecule has 1 atom stereocenters. The SMILES string of the molecule is Cc1ccc(-c2nnc3sc([C@@H](C)c4ccc(-c5ccccc5)c(F)c4)nn23)cc1. The van der Waals surface area contributed by atoms with Gasteiger partial charge in [0.05, 0.1) is 0 Å². The summed E-state index contributed by atoms with van der Waals surface area (Å²) < 4.78 is 16.6. The summed E-state index contributed by atoms with van der Waals surface area (Å²) in [5.41, 5.74) is 4.51. The minimum atomic E-state index is -0.228. The zero-order chi connectivity index (χ0) is 20.7. The standard InChI is InChI=1S/C24H19FN4S/c1-15-8-10-18(11-9-15)22-26-27-24-29(22)28-23(30-24)16(2)19-12-13-20(21(25)14-19)17-6-4-3-5-7-17/h3-14,16H,1-2H3/t16-/m0/s1. The third kappa shape index (κ3) is 3.29. The molecule has 5 aromatic rings. The Balaban J connectivity index is 1.48. The Morgan fingerprint density at radius 3 is 2.40 bits per heavy atom. The van der Waals surface area contributed by atoms with Gasteiger partial charge in [-0.3, -0.25) is 0 Å². The number of aromatic nitrogens is 4. The van der Waals surface area contributed by atoms with Crippen LogP contribution < -0.4 is 0 Å². The molecule has 30 heavy (non-hydrogen) atoms. The Kier molecular flexibility index (Phi) is 4.64. The van der Waals surface area contributed by atoms with Crippen LogP contribution in [0, 0.1) is 12.7 Å². The molecule has 0 unspecified atom stereocenters. The van der Waals surface area contributed by atoms with Gasteiger partial charge in [-0.1, -0.05) is 90.6 Å². The van der Waals surface area contributed by atoms with Gasteiger partial charge in [0.15, 0.2) is 5.82 Å². The van der Waals surface area contributed by atoms with Crippen molar-refractivity contribution in [3.05, 3.63) is 94.7 Å². The van der Waals surface area contributed by atoms with E-state index in [1.807, 2.05) is 80.6 Å². The molecule has 0 saturated heterocycles. The summed E-state index contributed by atoms with van der Waals surface area (Å²) >= 11 is 1.48. The van der Waals surface area contributed by atoms with E-state index in [-0.39, 0.29) is 11.7 Å². The highest BCUT2D eigenvalue weighted by molar-refractivity contribution is 7.16. The van der Waals surface area contributed by atoms with E-state index < -0.39 is 0 Å². The Hall–Kier alpha value is -3.38. The number of fused-ring (bicyclic) bond motifs is 1. The summed E-state index contributed by atoms with van der Waals surface area (Å²) in [6.45, 7) is 4.09. The van der Waals surface area contributed by atoms with Gasteiger partial charge in [0, 0.05) is 17.0 Å². The normalized spacial score (nSPS) is 12.4. The van der Waals surface area contributed by atoms with Crippen LogP contribution in [0.1, 0.15) is 29.0 Å². The number of halogens is 1. The maximum atomic E-state index is 14.8. The maximum Gasteiger partial charge on any atom is 0.234 e. The van der Waals surface area contributed by atoms with Gasteiger partial charge >= 0.3 is 0 Å². The molecule has 5 rings (SSSR count). The Morgan fingerprint density at radius 2 is 1.67 bits per heavy atom. The van der Waals surface area contributed by atoms with Gasteiger partial charge in [-0.25, -0.2) is 4.39 Å². The van der Waals surface area contributed by atoms with E-state index in [1.54, 1.807) is 10.6 Å². The summed E-state index contributed by atoms with van der Waals surface area (Å²) in [4.78, 5) is 0.730. The van der Waals surface area contributed by atoms with Crippen LogP contribution in [-0.2, 0) is 0 Å². The third-order valence-corrected chi connectivity index (χ3v) is 6.35. The predicted molar refractivity (Wildman–Crippen MR) is 118 cm³/mol. The van der Waals surface area contributed by atoms with Crippen LogP contribution in [0.3, 0.4) is 0 Å². The molecule has 0 bridgehead atoms. The van der Waals surface area contributed by atoms with Crippen LogP contribution in [0.5, 0.6) is 0 Å². The van der Waals surface area contributed by atoms with Crippen molar-refractivity contribution in [1.82, 2.24) is 19.8 Å². The van der Waals surface area contributed by atoms with Crippen molar-refractivity contribution in [1.29, 1.82) is 0 Å². The summed E-state index contributed by atoms with van der Waals surface area (Å²) in [5.74, 6) is 0.432. The van der Waals surface area contributed by atoms with Gasteiger partial charge in [0.1, 0.15) is 10.8 Å². The van der Waals surface area contributed by atoms with E-state index in [2.05, 4.69) is 10.2 Å². The largest absolute Gasteiger partial charge is 0.234 e. The molecule has 0 aliphatic carbocycles. The first-order chi connectivity index (χ1) is 14.6. The molecular formula is C24H19FN4S. The van der Waals surface area contributed by atoms with E-state index in [9.17, 15) is 4.39 Å². The molecule has 2 aromatic heterocycles. The zero-order valence-electron chi connectivity index (χ0n) is 16.6. The molecule has 0 N–H and O–H groups in total. The molecule has 2 heterocycles. The molecule has 148 valence electrons. The molecule has 0 amide bonds. The molecule has 6 heteroatoms. The quantitative estimate of drug-likeness (QED) is 0.356. The average Bonchev–Trinajstić information content (AvgIpc) is 3.35. The van der Waals surface area contributed by atoms with Crippen LogP contribution in [0.4, 0.5) is 4.39 Å². The van der Waals surface area contributed by atoms with Crippen LogP contribution in [0.2, 0.25) is 0 Å². The Morgan fingerprint density at radius 1 is 0.900 bits per heavy atom. The highest BCUT2D eigenvalue weighted by Crippen LogP contribution is 2.32. The van der Waals surface area contributed by atoms with Crippen molar-refractivity contribution in [2.24, 2.45) is 0 Å². The predicted octanol–water partition coefficient (Wildman–Crippen LogP) is 6.12. The van der Waals surface area contributed by atoms with Crippen LogP contribution in [-0.4, -0.2) is 19.8 Å². The average molecular weight is 415 g/mol. The number of hydrogen-bond donors (Lipinski definition) is 0. The minimum absolute atomic E-state index is 0.0538. The van der Waals surface area contributed by atoms with E-state index in [4.69, 9.17) is 5.10 Å². The van der Waals surface area contributed by atoms with Crippen molar-refractivity contribution in [2.45, 2.75) is 19.8 Å². The maximum absolute atomic E-state index is 14.8. The second kappa shape index (κ2) is 7.46. The van der Waals surface area contributed by atoms with Crippen LogP contribution in [0.15, 0.2) is 72.8 Å².